The molecule has 0 aliphatic rings. The van der Waals surface area contributed by atoms with Crippen molar-refractivity contribution >= 4 is 0 Å². The fourth-order valence-electron chi connectivity index (χ4n) is 1.75. The highest BCUT2D eigenvalue weighted by Gasteiger charge is 2.00. The lowest BCUT2D eigenvalue weighted by atomic mass is 10.0. The average Bonchev–Trinajstić information content (AvgIpc) is 2.16. The first-order valence-electron chi connectivity index (χ1n) is 5.03. The molecule has 0 spiro atoms. The number of hydrogen-bond acceptors (Lipinski definition) is 1. The zero-order valence-corrected chi connectivity index (χ0v) is 8.99. The first-order valence-corrected chi connectivity index (χ1v) is 5.03. The molecule has 0 aliphatic carbocycles. The van der Waals surface area contributed by atoms with Gasteiger partial charge in [0.15, 0.2) is 0 Å². The summed E-state index contributed by atoms with van der Waals surface area (Å²) in [5, 5.41) is 9.52. The molecule has 1 N–H and O–H groups in total. The SMILES string of the molecule is Cc1cccc(-c2cc(C)cc(O)c2)c1. The van der Waals surface area contributed by atoms with Gasteiger partial charge in [-0.2, -0.15) is 0 Å². The number of hydrogen-bond donors (Lipinski definition) is 1. The van der Waals surface area contributed by atoms with Crippen LogP contribution in [0.1, 0.15) is 11.1 Å². The molecule has 0 saturated carbocycles. The van der Waals surface area contributed by atoms with Crippen molar-refractivity contribution in [1.82, 2.24) is 0 Å². The first-order chi connectivity index (χ1) is 7.15. The molecule has 0 atom stereocenters. The molecule has 76 valence electrons. The Labute approximate surface area is 90.0 Å². The molecule has 0 heterocycles. The topological polar surface area (TPSA) is 20.2 Å². The lowest BCUT2D eigenvalue weighted by Crippen LogP contribution is -1.81. The Hall–Kier alpha value is -1.76. The minimum Gasteiger partial charge on any atom is -0.508 e. The Balaban J connectivity index is 2.54. The molecule has 0 aliphatic heterocycles. The van der Waals surface area contributed by atoms with E-state index < -0.39 is 0 Å². The van der Waals surface area contributed by atoms with E-state index in [1.54, 1.807) is 12.1 Å². The molecule has 2 aromatic carbocycles. The molecule has 0 bridgehead atoms. The molecule has 0 aromatic heterocycles. The molecular weight excluding hydrogens is 184 g/mol. The molecule has 0 unspecified atom stereocenters. The molecule has 2 rings (SSSR count). The third-order valence-electron chi connectivity index (χ3n) is 2.41. The highest BCUT2D eigenvalue weighted by Crippen LogP contribution is 2.25. The Morgan fingerprint density at radius 1 is 0.800 bits per heavy atom. The van der Waals surface area contributed by atoms with Crippen LogP contribution in [0.25, 0.3) is 11.1 Å². The molecule has 1 nitrogen and oxygen atoms in total. The van der Waals surface area contributed by atoms with E-state index in [4.69, 9.17) is 0 Å². The van der Waals surface area contributed by atoms with Gasteiger partial charge < -0.3 is 5.11 Å². The van der Waals surface area contributed by atoms with E-state index in [1.165, 1.54) is 5.56 Å². The summed E-state index contributed by atoms with van der Waals surface area (Å²) >= 11 is 0. The Morgan fingerprint density at radius 3 is 2.20 bits per heavy atom. The number of rotatable bonds is 1. The van der Waals surface area contributed by atoms with Crippen LogP contribution in [-0.4, -0.2) is 5.11 Å². The van der Waals surface area contributed by atoms with Crippen LogP contribution in [-0.2, 0) is 0 Å². The van der Waals surface area contributed by atoms with Crippen LogP contribution in [0.4, 0.5) is 0 Å². The van der Waals surface area contributed by atoms with Crippen LogP contribution in [0.5, 0.6) is 5.75 Å². The summed E-state index contributed by atoms with van der Waals surface area (Å²) < 4.78 is 0. The summed E-state index contributed by atoms with van der Waals surface area (Å²) in [6.07, 6.45) is 0. The van der Waals surface area contributed by atoms with E-state index >= 15 is 0 Å². The maximum atomic E-state index is 9.52. The van der Waals surface area contributed by atoms with Crippen molar-refractivity contribution in [2.75, 3.05) is 0 Å². The normalized spacial score (nSPS) is 10.3. The van der Waals surface area contributed by atoms with Crippen LogP contribution in [0.3, 0.4) is 0 Å². The monoisotopic (exact) mass is 198 g/mol. The maximum Gasteiger partial charge on any atom is 0.116 e. The quantitative estimate of drug-likeness (QED) is 0.741. The summed E-state index contributed by atoms with van der Waals surface area (Å²) in [5.74, 6) is 0.325. The smallest absolute Gasteiger partial charge is 0.116 e. The summed E-state index contributed by atoms with van der Waals surface area (Å²) in [6.45, 7) is 4.05. The van der Waals surface area contributed by atoms with Gasteiger partial charge in [0.2, 0.25) is 0 Å². The van der Waals surface area contributed by atoms with Crippen LogP contribution < -0.4 is 0 Å². The first kappa shape index (κ1) is 9.78. The van der Waals surface area contributed by atoms with Crippen molar-refractivity contribution in [2.45, 2.75) is 13.8 Å². The molecule has 0 radical (unpaired) electrons. The lowest BCUT2D eigenvalue weighted by Gasteiger charge is -2.05. The number of aromatic hydroxyl groups is 1. The average molecular weight is 198 g/mol. The number of phenolic OH excluding ortho intramolecular Hbond substituents is 1. The fourth-order valence-corrected chi connectivity index (χ4v) is 1.75. The minimum atomic E-state index is 0.325. The van der Waals surface area contributed by atoms with E-state index in [-0.39, 0.29) is 0 Å². The standard InChI is InChI=1S/C14H14O/c1-10-4-3-5-12(6-10)13-7-11(2)8-14(15)9-13/h3-9,15H,1-2H3. The van der Waals surface area contributed by atoms with E-state index in [9.17, 15) is 5.11 Å². The van der Waals surface area contributed by atoms with E-state index in [1.807, 2.05) is 13.0 Å². The van der Waals surface area contributed by atoms with Crippen LogP contribution in [0.2, 0.25) is 0 Å². The van der Waals surface area contributed by atoms with Gasteiger partial charge in [-0.1, -0.05) is 35.9 Å². The van der Waals surface area contributed by atoms with Gasteiger partial charge in [0.05, 0.1) is 0 Å². The molecule has 2 aromatic rings. The van der Waals surface area contributed by atoms with Crippen molar-refractivity contribution in [1.29, 1.82) is 0 Å². The number of benzene rings is 2. The summed E-state index contributed by atoms with van der Waals surface area (Å²) in [7, 11) is 0. The summed E-state index contributed by atoms with van der Waals surface area (Å²) in [6, 6.07) is 13.9. The second kappa shape index (κ2) is 3.77. The number of phenols is 1. The van der Waals surface area contributed by atoms with Crippen molar-refractivity contribution in [3.8, 4) is 16.9 Å². The predicted molar refractivity (Wildman–Crippen MR) is 63.0 cm³/mol. The highest BCUT2D eigenvalue weighted by molar-refractivity contribution is 5.66. The van der Waals surface area contributed by atoms with E-state index in [0.29, 0.717) is 5.75 Å². The highest BCUT2D eigenvalue weighted by atomic mass is 16.3. The zero-order valence-electron chi connectivity index (χ0n) is 8.99. The van der Waals surface area contributed by atoms with Gasteiger partial charge in [-0.25, -0.2) is 0 Å². The fraction of sp³-hybridized carbons (Fsp3) is 0.143. The lowest BCUT2D eigenvalue weighted by molar-refractivity contribution is 0.475. The van der Waals surface area contributed by atoms with Crippen molar-refractivity contribution in [3.05, 3.63) is 53.6 Å². The maximum absolute atomic E-state index is 9.52. The third kappa shape index (κ3) is 2.18. The predicted octanol–water partition coefficient (Wildman–Crippen LogP) is 3.68. The van der Waals surface area contributed by atoms with Gasteiger partial charge in [-0.3, -0.25) is 0 Å². The van der Waals surface area contributed by atoms with E-state index in [0.717, 1.165) is 16.7 Å². The minimum absolute atomic E-state index is 0.325. The molecule has 0 saturated heterocycles. The van der Waals surface area contributed by atoms with Crippen molar-refractivity contribution in [3.63, 3.8) is 0 Å². The van der Waals surface area contributed by atoms with Crippen LogP contribution in [0, 0.1) is 13.8 Å². The number of aryl methyl sites for hydroxylation is 2. The Morgan fingerprint density at radius 2 is 1.53 bits per heavy atom. The summed E-state index contributed by atoms with van der Waals surface area (Å²) in [4.78, 5) is 0. The van der Waals surface area contributed by atoms with Crippen LogP contribution >= 0.6 is 0 Å². The zero-order chi connectivity index (χ0) is 10.8. The molecule has 15 heavy (non-hydrogen) atoms. The van der Waals surface area contributed by atoms with Gasteiger partial charge >= 0.3 is 0 Å². The van der Waals surface area contributed by atoms with Gasteiger partial charge in [0, 0.05) is 0 Å². The van der Waals surface area contributed by atoms with Gasteiger partial charge in [0.1, 0.15) is 5.75 Å². The molecular formula is C14H14O. The molecule has 1 heteroatoms. The second-order valence-corrected chi connectivity index (χ2v) is 3.93. The van der Waals surface area contributed by atoms with Crippen molar-refractivity contribution in [2.24, 2.45) is 0 Å². The second-order valence-electron chi connectivity index (χ2n) is 3.93. The van der Waals surface area contributed by atoms with Gasteiger partial charge in [-0.05, 0) is 42.7 Å². The summed E-state index contributed by atoms with van der Waals surface area (Å²) in [5.41, 5.74) is 4.52. The van der Waals surface area contributed by atoms with Gasteiger partial charge in [-0.15, -0.1) is 0 Å². The Kier molecular flexibility index (Phi) is 2.46. The van der Waals surface area contributed by atoms with Crippen LogP contribution in [0.15, 0.2) is 42.5 Å². The Bertz CT molecular complexity index is 466. The largest absolute Gasteiger partial charge is 0.508 e. The van der Waals surface area contributed by atoms with Crippen molar-refractivity contribution < 1.29 is 5.11 Å². The third-order valence-corrected chi connectivity index (χ3v) is 2.41. The molecule has 0 amide bonds. The van der Waals surface area contributed by atoms with E-state index in [2.05, 4.69) is 31.2 Å². The van der Waals surface area contributed by atoms with Gasteiger partial charge in [0.25, 0.3) is 0 Å². The molecule has 0 fully saturated rings.